The Morgan fingerprint density at radius 2 is 1.64 bits per heavy atom. The molecule has 1 N–H and O–H groups in total. The molecule has 8 nitrogen and oxygen atoms in total. The summed E-state index contributed by atoms with van der Waals surface area (Å²) in [6, 6.07) is 9.40. The van der Waals surface area contributed by atoms with Crippen molar-refractivity contribution in [3.05, 3.63) is 73.8 Å². The zero-order chi connectivity index (χ0) is 16.3. The van der Waals surface area contributed by atoms with E-state index in [9.17, 15) is 25.0 Å². The van der Waals surface area contributed by atoms with Gasteiger partial charge in [0.25, 0.3) is 17.3 Å². The molecule has 2 aromatic rings. The van der Waals surface area contributed by atoms with Crippen LogP contribution in [0.4, 0.5) is 17.1 Å². The van der Waals surface area contributed by atoms with Crippen LogP contribution < -0.4 is 5.32 Å². The molecule has 0 atom stereocenters. The van der Waals surface area contributed by atoms with Gasteiger partial charge >= 0.3 is 0 Å². The van der Waals surface area contributed by atoms with Crippen molar-refractivity contribution in [2.24, 2.45) is 0 Å². The van der Waals surface area contributed by atoms with Crippen molar-refractivity contribution in [1.82, 2.24) is 0 Å². The fraction of sp³-hybridized carbons (Fsp3) is 0.0714. The van der Waals surface area contributed by atoms with E-state index in [1.807, 2.05) is 0 Å². The Balaban J connectivity index is 2.17. The van der Waals surface area contributed by atoms with Crippen LogP contribution in [0, 0.1) is 27.2 Å². The highest BCUT2D eigenvalue weighted by Gasteiger charge is 2.14. The third-order valence-electron chi connectivity index (χ3n) is 2.99. The van der Waals surface area contributed by atoms with E-state index in [1.165, 1.54) is 42.5 Å². The highest BCUT2D eigenvalue weighted by molar-refractivity contribution is 6.04. The van der Waals surface area contributed by atoms with E-state index in [2.05, 4.69) is 5.32 Å². The van der Waals surface area contributed by atoms with Crippen molar-refractivity contribution in [2.45, 2.75) is 6.92 Å². The molecule has 8 heteroatoms. The van der Waals surface area contributed by atoms with Gasteiger partial charge in [0.1, 0.15) is 0 Å². The Labute approximate surface area is 124 Å². The molecule has 0 spiro atoms. The van der Waals surface area contributed by atoms with Crippen LogP contribution in [0.5, 0.6) is 0 Å². The van der Waals surface area contributed by atoms with Gasteiger partial charge in [0.2, 0.25) is 0 Å². The fourth-order valence-electron chi connectivity index (χ4n) is 1.87. The maximum Gasteiger partial charge on any atom is 0.272 e. The summed E-state index contributed by atoms with van der Waals surface area (Å²) in [6.07, 6.45) is 0. The predicted molar refractivity (Wildman–Crippen MR) is 78.9 cm³/mol. The maximum absolute atomic E-state index is 12.1. The topological polar surface area (TPSA) is 115 Å². The number of nitro groups is 2. The fourth-order valence-corrected chi connectivity index (χ4v) is 1.87. The van der Waals surface area contributed by atoms with Gasteiger partial charge in [0.05, 0.1) is 9.85 Å². The number of amides is 1. The minimum atomic E-state index is -0.536. The quantitative estimate of drug-likeness (QED) is 0.688. The Kier molecular flexibility index (Phi) is 4.12. The first-order chi connectivity index (χ1) is 10.4. The van der Waals surface area contributed by atoms with Crippen molar-refractivity contribution in [3.8, 4) is 0 Å². The molecule has 0 heterocycles. The molecular formula is C14H11N3O5. The molecule has 0 bridgehead atoms. The second-order valence-corrected chi connectivity index (χ2v) is 4.52. The number of nitrogens with zero attached hydrogens (tertiary/aromatic N) is 2. The molecule has 0 aliphatic heterocycles. The third kappa shape index (κ3) is 3.23. The van der Waals surface area contributed by atoms with Crippen LogP contribution in [0.1, 0.15) is 15.9 Å². The van der Waals surface area contributed by atoms with Crippen LogP contribution in [0.2, 0.25) is 0 Å². The second kappa shape index (κ2) is 6.00. The van der Waals surface area contributed by atoms with E-state index in [-0.39, 0.29) is 16.9 Å². The normalized spacial score (nSPS) is 10.0. The molecule has 0 radical (unpaired) electrons. The lowest BCUT2D eigenvalue weighted by Gasteiger charge is -2.06. The Morgan fingerprint density at radius 3 is 2.14 bits per heavy atom. The molecule has 22 heavy (non-hydrogen) atoms. The van der Waals surface area contributed by atoms with Gasteiger partial charge in [0, 0.05) is 35.0 Å². The van der Waals surface area contributed by atoms with Crippen LogP contribution in [-0.2, 0) is 0 Å². The first kappa shape index (κ1) is 15.1. The van der Waals surface area contributed by atoms with Gasteiger partial charge in [-0.1, -0.05) is 0 Å². The van der Waals surface area contributed by atoms with E-state index in [0.717, 1.165) is 0 Å². The summed E-state index contributed by atoms with van der Waals surface area (Å²) in [5.74, 6) is -0.452. The van der Waals surface area contributed by atoms with Crippen molar-refractivity contribution in [3.63, 3.8) is 0 Å². The third-order valence-corrected chi connectivity index (χ3v) is 2.99. The van der Waals surface area contributed by atoms with Crippen molar-refractivity contribution < 1.29 is 14.6 Å². The molecule has 1 amide bonds. The lowest BCUT2D eigenvalue weighted by Crippen LogP contribution is -2.12. The zero-order valence-electron chi connectivity index (χ0n) is 11.5. The molecule has 112 valence electrons. The summed E-state index contributed by atoms with van der Waals surface area (Å²) < 4.78 is 0. The number of nitrogens with one attached hydrogen (secondary N) is 1. The van der Waals surface area contributed by atoms with E-state index in [4.69, 9.17) is 0 Å². The van der Waals surface area contributed by atoms with E-state index in [1.54, 1.807) is 6.92 Å². The first-order valence-electron chi connectivity index (χ1n) is 6.19. The number of anilines is 1. The summed E-state index contributed by atoms with van der Waals surface area (Å²) >= 11 is 0. The summed E-state index contributed by atoms with van der Waals surface area (Å²) in [5.41, 5.74) is 0.894. The van der Waals surface area contributed by atoms with E-state index >= 15 is 0 Å². The number of hydrogen-bond acceptors (Lipinski definition) is 5. The Morgan fingerprint density at radius 1 is 1.00 bits per heavy atom. The van der Waals surface area contributed by atoms with Crippen LogP contribution in [0.3, 0.4) is 0 Å². The van der Waals surface area contributed by atoms with Crippen molar-refractivity contribution >= 4 is 23.0 Å². The Bertz CT molecular complexity index is 756. The maximum atomic E-state index is 12.1. The number of aryl methyl sites for hydroxylation is 1. The minimum Gasteiger partial charge on any atom is -0.322 e. The smallest absolute Gasteiger partial charge is 0.272 e. The van der Waals surface area contributed by atoms with Crippen LogP contribution in [0.15, 0.2) is 42.5 Å². The monoisotopic (exact) mass is 301 g/mol. The molecule has 0 saturated heterocycles. The van der Waals surface area contributed by atoms with Crippen LogP contribution in [-0.4, -0.2) is 15.8 Å². The van der Waals surface area contributed by atoms with Crippen molar-refractivity contribution in [1.29, 1.82) is 0 Å². The van der Waals surface area contributed by atoms with Gasteiger partial charge in [-0.3, -0.25) is 25.0 Å². The first-order valence-corrected chi connectivity index (χ1v) is 6.19. The standard InChI is InChI=1S/C14H11N3O5/c1-9-8-10(2-7-13(9)17(21)22)14(18)15-11-3-5-12(6-4-11)16(19)20/h2-8H,1H3,(H,15,18). The largest absolute Gasteiger partial charge is 0.322 e. The summed E-state index contributed by atoms with van der Waals surface area (Å²) in [7, 11) is 0. The number of non-ortho nitro benzene ring substituents is 1. The lowest BCUT2D eigenvalue weighted by atomic mass is 10.1. The molecule has 2 rings (SSSR count). The van der Waals surface area contributed by atoms with Gasteiger partial charge in [-0.15, -0.1) is 0 Å². The van der Waals surface area contributed by atoms with Gasteiger partial charge < -0.3 is 5.32 Å². The highest BCUT2D eigenvalue weighted by atomic mass is 16.6. The van der Waals surface area contributed by atoms with Crippen LogP contribution in [0.25, 0.3) is 0 Å². The molecule has 2 aromatic carbocycles. The molecule has 0 fully saturated rings. The second-order valence-electron chi connectivity index (χ2n) is 4.52. The number of hydrogen-bond donors (Lipinski definition) is 1. The molecule has 0 aromatic heterocycles. The van der Waals surface area contributed by atoms with Gasteiger partial charge in [-0.05, 0) is 31.2 Å². The van der Waals surface area contributed by atoms with Crippen LogP contribution >= 0.6 is 0 Å². The highest BCUT2D eigenvalue weighted by Crippen LogP contribution is 2.20. The Hall–Kier alpha value is -3.29. The van der Waals surface area contributed by atoms with E-state index in [0.29, 0.717) is 11.3 Å². The average molecular weight is 301 g/mol. The van der Waals surface area contributed by atoms with Crippen molar-refractivity contribution in [2.75, 3.05) is 5.32 Å². The summed E-state index contributed by atoms with van der Waals surface area (Å²) in [4.78, 5) is 32.3. The number of carbonyl (C=O) groups is 1. The van der Waals surface area contributed by atoms with Gasteiger partial charge in [-0.2, -0.15) is 0 Å². The number of nitro benzene ring substituents is 2. The van der Waals surface area contributed by atoms with E-state index < -0.39 is 15.8 Å². The average Bonchev–Trinajstić information content (AvgIpc) is 2.47. The molecule has 0 aliphatic carbocycles. The van der Waals surface area contributed by atoms with Gasteiger partial charge in [0.15, 0.2) is 0 Å². The summed E-state index contributed by atoms with van der Waals surface area (Å²) in [6.45, 7) is 1.54. The molecule has 0 aliphatic rings. The minimum absolute atomic E-state index is 0.0631. The van der Waals surface area contributed by atoms with Gasteiger partial charge in [-0.25, -0.2) is 0 Å². The number of carbonyl (C=O) groups excluding carboxylic acids is 1. The molecule has 0 saturated carbocycles. The number of rotatable bonds is 4. The predicted octanol–water partition coefficient (Wildman–Crippen LogP) is 3.06. The SMILES string of the molecule is Cc1cc(C(=O)Nc2ccc([N+](=O)[O-])cc2)ccc1[N+](=O)[O-]. The lowest BCUT2D eigenvalue weighted by molar-refractivity contribution is -0.385. The zero-order valence-corrected chi connectivity index (χ0v) is 11.5. The molecular weight excluding hydrogens is 290 g/mol. The molecule has 0 unspecified atom stereocenters. The summed E-state index contributed by atoms with van der Waals surface area (Å²) in [5, 5.41) is 23.8. The number of benzene rings is 2.